The Hall–Kier alpha value is -1.03. The van der Waals surface area contributed by atoms with Crippen molar-refractivity contribution in [2.45, 2.75) is 25.9 Å². The van der Waals surface area contributed by atoms with Crippen LogP contribution < -0.4 is 0 Å². The van der Waals surface area contributed by atoms with Crippen molar-refractivity contribution in [2.75, 3.05) is 0 Å². The normalized spacial score (nSPS) is 11.6. The monoisotopic (exact) mass is 250 g/mol. The van der Waals surface area contributed by atoms with E-state index < -0.39 is 24.8 Å². The minimum atomic E-state index is -4.30. The molecule has 1 rings (SSSR count). The van der Waals surface area contributed by atoms with Gasteiger partial charge in [0.2, 0.25) is 0 Å². The molecule has 0 spiro atoms. The van der Waals surface area contributed by atoms with Crippen LogP contribution in [0.2, 0.25) is 5.02 Å². The van der Waals surface area contributed by atoms with E-state index in [1.54, 1.807) is 13.0 Å². The van der Waals surface area contributed by atoms with E-state index >= 15 is 0 Å². The van der Waals surface area contributed by atoms with E-state index in [0.29, 0.717) is 5.02 Å². The predicted molar refractivity (Wildman–Crippen MR) is 55.8 cm³/mol. The largest absolute Gasteiger partial charge is 0.389 e. The minimum Gasteiger partial charge on any atom is -0.294 e. The van der Waals surface area contributed by atoms with Gasteiger partial charge in [0.1, 0.15) is 0 Å². The molecular formula is C11H10ClF3O. The number of ketones is 1. The zero-order valence-corrected chi connectivity index (χ0v) is 9.32. The number of benzene rings is 1. The molecule has 0 amide bonds. The molecule has 0 saturated heterocycles. The molecular weight excluding hydrogens is 241 g/mol. The molecule has 0 fully saturated rings. The molecule has 0 radical (unpaired) electrons. The predicted octanol–water partition coefficient (Wildman–Crippen LogP) is 4.17. The van der Waals surface area contributed by atoms with Gasteiger partial charge in [-0.3, -0.25) is 4.79 Å². The van der Waals surface area contributed by atoms with Crippen LogP contribution in [0.15, 0.2) is 18.2 Å². The fourth-order valence-electron chi connectivity index (χ4n) is 1.17. The molecule has 0 aliphatic heterocycles. The third-order valence-corrected chi connectivity index (χ3v) is 2.54. The molecule has 1 nitrogen and oxygen atoms in total. The SMILES string of the molecule is Cc1ccc(C(=O)CCC(F)(F)F)cc1Cl. The van der Waals surface area contributed by atoms with E-state index in [2.05, 4.69) is 0 Å². The summed E-state index contributed by atoms with van der Waals surface area (Å²) < 4.78 is 35.7. The lowest BCUT2D eigenvalue weighted by Gasteiger charge is -2.06. The van der Waals surface area contributed by atoms with Crippen LogP contribution in [0.4, 0.5) is 13.2 Å². The highest BCUT2D eigenvalue weighted by atomic mass is 35.5. The highest BCUT2D eigenvalue weighted by molar-refractivity contribution is 6.31. The molecule has 5 heteroatoms. The van der Waals surface area contributed by atoms with Gasteiger partial charge >= 0.3 is 6.18 Å². The third-order valence-electron chi connectivity index (χ3n) is 2.13. The second-order valence-corrected chi connectivity index (χ2v) is 3.91. The van der Waals surface area contributed by atoms with Crippen LogP contribution >= 0.6 is 11.6 Å². The average Bonchev–Trinajstić information content (AvgIpc) is 2.17. The smallest absolute Gasteiger partial charge is 0.294 e. The fraction of sp³-hybridized carbons (Fsp3) is 0.364. The summed E-state index contributed by atoms with van der Waals surface area (Å²) in [4.78, 5) is 11.4. The molecule has 0 N–H and O–H groups in total. The average molecular weight is 251 g/mol. The van der Waals surface area contributed by atoms with Gasteiger partial charge in [0, 0.05) is 17.0 Å². The number of carbonyl (C=O) groups excluding carboxylic acids is 1. The summed E-state index contributed by atoms with van der Waals surface area (Å²) in [6.45, 7) is 1.76. The number of hydrogen-bond donors (Lipinski definition) is 0. The van der Waals surface area contributed by atoms with Crippen molar-refractivity contribution in [1.29, 1.82) is 0 Å². The first-order chi connectivity index (χ1) is 7.29. The van der Waals surface area contributed by atoms with Crippen molar-refractivity contribution >= 4 is 17.4 Å². The lowest BCUT2D eigenvalue weighted by Crippen LogP contribution is -2.10. The Morgan fingerprint density at radius 1 is 1.38 bits per heavy atom. The van der Waals surface area contributed by atoms with Crippen molar-refractivity contribution in [1.82, 2.24) is 0 Å². The first-order valence-corrected chi connectivity index (χ1v) is 5.03. The van der Waals surface area contributed by atoms with E-state index in [-0.39, 0.29) is 5.56 Å². The fourth-order valence-corrected chi connectivity index (χ4v) is 1.35. The van der Waals surface area contributed by atoms with Gasteiger partial charge in [-0.25, -0.2) is 0 Å². The molecule has 16 heavy (non-hydrogen) atoms. The maximum Gasteiger partial charge on any atom is 0.389 e. The molecule has 0 aliphatic rings. The molecule has 0 heterocycles. The maximum atomic E-state index is 11.9. The second-order valence-electron chi connectivity index (χ2n) is 3.50. The topological polar surface area (TPSA) is 17.1 Å². The van der Waals surface area contributed by atoms with E-state index in [1.165, 1.54) is 12.1 Å². The lowest BCUT2D eigenvalue weighted by atomic mass is 10.1. The first-order valence-electron chi connectivity index (χ1n) is 4.66. The number of alkyl halides is 3. The molecule has 0 aromatic heterocycles. The van der Waals surface area contributed by atoms with Crippen LogP contribution in [-0.2, 0) is 0 Å². The lowest BCUT2D eigenvalue weighted by molar-refractivity contribution is -0.133. The van der Waals surface area contributed by atoms with Crippen LogP contribution in [0.25, 0.3) is 0 Å². The highest BCUT2D eigenvalue weighted by Crippen LogP contribution is 2.24. The van der Waals surface area contributed by atoms with E-state index in [1.807, 2.05) is 0 Å². The Morgan fingerprint density at radius 3 is 2.50 bits per heavy atom. The first kappa shape index (κ1) is 13.0. The molecule has 0 atom stereocenters. The maximum absolute atomic E-state index is 11.9. The Balaban J connectivity index is 2.70. The van der Waals surface area contributed by atoms with Crippen molar-refractivity contribution < 1.29 is 18.0 Å². The van der Waals surface area contributed by atoms with Crippen LogP contribution in [-0.4, -0.2) is 12.0 Å². The van der Waals surface area contributed by atoms with Crippen molar-refractivity contribution in [3.8, 4) is 0 Å². The zero-order chi connectivity index (χ0) is 12.3. The minimum absolute atomic E-state index is 0.222. The summed E-state index contributed by atoms with van der Waals surface area (Å²) in [5, 5.41) is 0.387. The van der Waals surface area contributed by atoms with E-state index in [0.717, 1.165) is 5.56 Å². The van der Waals surface area contributed by atoms with Gasteiger partial charge in [-0.15, -0.1) is 0 Å². The Morgan fingerprint density at radius 2 is 2.00 bits per heavy atom. The molecule has 1 aromatic carbocycles. The standard InChI is InChI=1S/C11H10ClF3O/c1-7-2-3-8(6-9(7)12)10(16)4-5-11(13,14)15/h2-3,6H,4-5H2,1H3. The number of aryl methyl sites for hydroxylation is 1. The summed E-state index contributed by atoms with van der Waals surface area (Å²) in [5.74, 6) is -0.542. The van der Waals surface area contributed by atoms with Gasteiger partial charge in [0.15, 0.2) is 5.78 Å². The van der Waals surface area contributed by atoms with E-state index in [4.69, 9.17) is 11.6 Å². The molecule has 1 aromatic rings. The van der Waals surface area contributed by atoms with Gasteiger partial charge in [0.05, 0.1) is 6.42 Å². The zero-order valence-electron chi connectivity index (χ0n) is 8.57. The molecule has 88 valence electrons. The number of Topliss-reactive ketones (excluding diaryl/α,β-unsaturated/α-hetero) is 1. The van der Waals surface area contributed by atoms with Crippen LogP contribution in [0, 0.1) is 6.92 Å². The Labute approximate surface area is 96.2 Å². The summed E-state index contributed by atoms with van der Waals surface area (Å²) >= 11 is 5.77. The van der Waals surface area contributed by atoms with E-state index in [9.17, 15) is 18.0 Å². The molecule has 0 bridgehead atoms. The van der Waals surface area contributed by atoms with Gasteiger partial charge < -0.3 is 0 Å². The summed E-state index contributed by atoms with van der Waals surface area (Å²) in [6, 6.07) is 4.50. The highest BCUT2D eigenvalue weighted by Gasteiger charge is 2.28. The summed E-state index contributed by atoms with van der Waals surface area (Å²) in [5.41, 5.74) is 1.01. The third kappa shape index (κ3) is 3.85. The Bertz CT molecular complexity index is 399. The van der Waals surface area contributed by atoms with Crippen molar-refractivity contribution in [3.05, 3.63) is 34.3 Å². The quantitative estimate of drug-likeness (QED) is 0.736. The number of carbonyl (C=O) groups is 1. The van der Waals surface area contributed by atoms with Crippen molar-refractivity contribution in [3.63, 3.8) is 0 Å². The number of rotatable bonds is 3. The van der Waals surface area contributed by atoms with Crippen LogP contribution in [0.1, 0.15) is 28.8 Å². The summed E-state index contributed by atoms with van der Waals surface area (Å²) in [6.07, 6.45) is -5.94. The number of halogens is 4. The summed E-state index contributed by atoms with van der Waals surface area (Å²) in [7, 11) is 0. The van der Waals surface area contributed by atoms with Gasteiger partial charge in [0.25, 0.3) is 0 Å². The van der Waals surface area contributed by atoms with Gasteiger partial charge in [-0.1, -0.05) is 23.7 Å². The molecule has 0 aliphatic carbocycles. The Kier molecular flexibility index (Phi) is 3.97. The van der Waals surface area contributed by atoms with Gasteiger partial charge in [-0.05, 0) is 18.6 Å². The number of hydrogen-bond acceptors (Lipinski definition) is 1. The molecule has 0 saturated carbocycles. The van der Waals surface area contributed by atoms with Crippen molar-refractivity contribution in [2.24, 2.45) is 0 Å². The second kappa shape index (κ2) is 4.87. The van der Waals surface area contributed by atoms with Crippen LogP contribution in [0.5, 0.6) is 0 Å². The molecule has 0 unspecified atom stereocenters. The van der Waals surface area contributed by atoms with Crippen LogP contribution in [0.3, 0.4) is 0 Å². The van der Waals surface area contributed by atoms with Gasteiger partial charge in [-0.2, -0.15) is 13.2 Å².